The van der Waals surface area contributed by atoms with E-state index in [0.29, 0.717) is 0 Å². The molecule has 0 aromatic heterocycles. The number of hydrogen-bond donors (Lipinski definition) is 0. The maximum absolute atomic E-state index is 5.91. The molecule has 0 spiro atoms. The van der Waals surface area contributed by atoms with Gasteiger partial charge in [0, 0.05) is 0 Å². The largest absolute Gasteiger partial charge is 0.215 e. The topological polar surface area (TPSA) is 0 Å². The van der Waals surface area contributed by atoms with Gasteiger partial charge < -0.3 is 0 Å². The van der Waals surface area contributed by atoms with Crippen molar-refractivity contribution in [3.05, 3.63) is 5.38 Å². The normalized spacial score (nSPS) is 15.8. The van der Waals surface area contributed by atoms with Crippen LogP contribution in [0.25, 0.3) is 0 Å². The number of hydrogen-bond acceptors (Lipinski definition) is 0. The van der Waals surface area contributed by atoms with Gasteiger partial charge in [-0.25, -0.2) is 0 Å². The SMILES string of the molecule is Cl[C](C(Cl)(Cl)Cl)C(Cl)(C(Cl)(Cl)Cl)C(Cl)(Cl)Cl. The average Bonchev–Trinajstić information content (AvgIpc) is 1.95. The molecule has 0 aromatic rings. The highest BCUT2D eigenvalue weighted by molar-refractivity contribution is 6.81. The monoisotopic (exact) mass is 445 g/mol. The average molecular weight is 450 g/mol. The first-order valence-corrected chi connectivity index (χ1v) is 7.24. The summed E-state index contributed by atoms with van der Waals surface area (Å²) in [6, 6.07) is 0. The maximum Gasteiger partial charge on any atom is 0.215 e. The van der Waals surface area contributed by atoms with Crippen molar-refractivity contribution >= 4 is 128 Å². The fourth-order valence-electron chi connectivity index (χ4n) is 0.605. The Morgan fingerprint density at radius 3 is 0.875 bits per heavy atom. The number of rotatable bonds is 1. The maximum atomic E-state index is 5.91. The molecule has 0 rings (SSSR count). The molecule has 11 heteroatoms. The van der Waals surface area contributed by atoms with Crippen molar-refractivity contribution < 1.29 is 0 Å². The van der Waals surface area contributed by atoms with Gasteiger partial charge in [0.2, 0.25) is 11.4 Å². The second-order valence-corrected chi connectivity index (χ2v) is 10.3. The minimum atomic E-state index is -2.33. The van der Waals surface area contributed by atoms with E-state index in [1.807, 2.05) is 0 Å². The highest BCUT2D eigenvalue weighted by atomic mass is 35.6. The molecule has 0 fully saturated rings. The summed E-state index contributed by atoms with van der Waals surface area (Å²) in [5, 5.41) is -0.647. The van der Waals surface area contributed by atoms with Gasteiger partial charge in [0.05, 0.1) is 0 Å². The lowest BCUT2D eigenvalue weighted by Gasteiger charge is -2.43. The van der Waals surface area contributed by atoms with E-state index >= 15 is 0 Å². The summed E-state index contributed by atoms with van der Waals surface area (Å²) in [6.45, 7) is 0. The van der Waals surface area contributed by atoms with E-state index in [4.69, 9.17) is 128 Å². The first-order valence-electron chi connectivity index (χ1n) is 3.08. The summed E-state index contributed by atoms with van der Waals surface area (Å²) in [4.78, 5) is -2.33. The molecule has 0 nitrogen and oxygen atoms in total. The Labute approximate surface area is 148 Å². The molecule has 0 saturated heterocycles. The minimum Gasteiger partial charge on any atom is -0.110 e. The lowest BCUT2D eigenvalue weighted by Crippen LogP contribution is -2.55. The Morgan fingerprint density at radius 1 is 0.562 bits per heavy atom. The van der Waals surface area contributed by atoms with Gasteiger partial charge in [-0.1, -0.05) is 104 Å². The van der Waals surface area contributed by atoms with Crippen molar-refractivity contribution in [2.45, 2.75) is 16.3 Å². The first-order chi connectivity index (χ1) is 6.65. The van der Waals surface area contributed by atoms with E-state index in [1.54, 1.807) is 0 Å². The van der Waals surface area contributed by atoms with Gasteiger partial charge in [-0.2, -0.15) is 0 Å². The Balaban J connectivity index is 5.63. The van der Waals surface area contributed by atoms with E-state index < -0.39 is 21.6 Å². The lowest BCUT2D eigenvalue weighted by atomic mass is 10.1. The molecule has 0 aliphatic carbocycles. The van der Waals surface area contributed by atoms with Crippen LogP contribution in [0.2, 0.25) is 0 Å². The van der Waals surface area contributed by atoms with Gasteiger partial charge in [-0.3, -0.25) is 0 Å². The molecule has 0 N–H and O–H groups in total. The summed E-state index contributed by atoms with van der Waals surface area (Å²) in [6.07, 6.45) is 0. The van der Waals surface area contributed by atoms with E-state index in [0.717, 1.165) is 0 Å². The second kappa shape index (κ2) is 5.90. The molecule has 0 aliphatic rings. The Kier molecular flexibility index (Phi) is 7.07. The van der Waals surface area contributed by atoms with Gasteiger partial charge in [0.25, 0.3) is 0 Å². The van der Waals surface area contributed by atoms with Gasteiger partial charge in [-0.05, 0) is 0 Å². The molecule has 0 unspecified atom stereocenters. The van der Waals surface area contributed by atoms with Crippen molar-refractivity contribution in [3.8, 4) is 0 Å². The van der Waals surface area contributed by atoms with Gasteiger partial charge in [0.1, 0.15) is 5.38 Å². The van der Waals surface area contributed by atoms with Gasteiger partial charge in [0.15, 0.2) is 4.87 Å². The Bertz CT molecular complexity index is 227. The molecule has 97 valence electrons. The van der Waals surface area contributed by atoms with Crippen LogP contribution in [0.15, 0.2) is 0 Å². The van der Waals surface area contributed by atoms with Crippen LogP contribution in [-0.2, 0) is 0 Å². The Morgan fingerprint density at radius 2 is 0.812 bits per heavy atom. The zero-order valence-electron chi connectivity index (χ0n) is 6.66. The summed E-state index contributed by atoms with van der Waals surface area (Å²) in [7, 11) is 0. The van der Waals surface area contributed by atoms with Crippen molar-refractivity contribution in [1.82, 2.24) is 0 Å². The van der Waals surface area contributed by atoms with Crippen LogP contribution < -0.4 is 0 Å². The molecule has 0 amide bonds. The van der Waals surface area contributed by atoms with Crippen molar-refractivity contribution in [1.29, 1.82) is 0 Å². The Hall–Kier alpha value is 3.19. The predicted octanol–water partition coefficient (Wildman–Crippen LogP) is 6.85. The highest BCUT2D eigenvalue weighted by Gasteiger charge is 2.68. The lowest BCUT2D eigenvalue weighted by molar-refractivity contribution is 0.645. The fourth-order valence-corrected chi connectivity index (χ4v) is 3.74. The summed E-state index contributed by atoms with van der Waals surface area (Å²) in [5.74, 6) is 0. The first kappa shape index (κ1) is 19.2. The summed E-state index contributed by atoms with van der Waals surface area (Å²) in [5.41, 5.74) is 0. The van der Waals surface area contributed by atoms with Crippen LogP contribution in [0.5, 0.6) is 0 Å². The minimum absolute atomic E-state index is 0.647. The van der Waals surface area contributed by atoms with Crippen LogP contribution in [0.4, 0.5) is 0 Å². The fraction of sp³-hybridized carbons (Fsp3) is 0.800. The molecule has 1 radical (unpaired) electrons. The summed E-state index contributed by atoms with van der Waals surface area (Å²) < 4.78 is -6.82. The van der Waals surface area contributed by atoms with E-state index in [-0.39, 0.29) is 0 Å². The molecule has 0 atom stereocenters. The third-order valence-electron chi connectivity index (χ3n) is 1.33. The van der Waals surface area contributed by atoms with E-state index in [9.17, 15) is 0 Å². The third kappa shape index (κ3) is 4.09. The van der Waals surface area contributed by atoms with Crippen molar-refractivity contribution in [2.24, 2.45) is 0 Å². The quantitative estimate of drug-likeness (QED) is 0.384. The standard InChI is InChI=1S/C5Cl11/c6-1(3(8,9)10)2(7,4(11,12)13)5(14,15)16. The van der Waals surface area contributed by atoms with Crippen LogP contribution in [-0.4, -0.2) is 16.3 Å². The van der Waals surface area contributed by atoms with Gasteiger partial charge >= 0.3 is 0 Å². The third-order valence-corrected chi connectivity index (χ3v) is 5.89. The van der Waals surface area contributed by atoms with E-state index in [2.05, 4.69) is 0 Å². The second-order valence-electron chi connectivity index (χ2n) is 2.47. The smallest absolute Gasteiger partial charge is 0.110 e. The predicted molar refractivity (Wildman–Crippen MR) is 78.5 cm³/mol. The zero-order valence-corrected chi connectivity index (χ0v) is 15.0. The van der Waals surface area contributed by atoms with Crippen LogP contribution in [0, 0.1) is 5.38 Å². The van der Waals surface area contributed by atoms with Crippen molar-refractivity contribution in [2.75, 3.05) is 0 Å². The molecule has 0 aliphatic heterocycles. The molecular formula is C5Cl11. The molecular weight excluding hydrogens is 450 g/mol. The zero-order chi connectivity index (χ0) is 13.6. The molecule has 0 heterocycles. The summed E-state index contributed by atoms with van der Waals surface area (Å²) >= 11 is 61.7. The molecule has 0 bridgehead atoms. The van der Waals surface area contributed by atoms with Crippen LogP contribution in [0.1, 0.15) is 0 Å². The van der Waals surface area contributed by atoms with Crippen LogP contribution >= 0.6 is 128 Å². The highest BCUT2D eigenvalue weighted by Crippen LogP contribution is 2.65. The number of alkyl halides is 10. The van der Waals surface area contributed by atoms with Gasteiger partial charge in [-0.15, -0.1) is 23.2 Å². The molecule has 16 heavy (non-hydrogen) atoms. The number of halogens is 11. The van der Waals surface area contributed by atoms with Crippen LogP contribution in [0.3, 0.4) is 0 Å². The van der Waals surface area contributed by atoms with Crippen molar-refractivity contribution in [3.63, 3.8) is 0 Å². The molecule has 0 saturated carbocycles. The van der Waals surface area contributed by atoms with E-state index in [1.165, 1.54) is 0 Å². The molecule has 0 aromatic carbocycles.